The van der Waals surface area contributed by atoms with Crippen molar-refractivity contribution in [3.8, 4) is 6.07 Å². The van der Waals surface area contributed by atoms with Crippen molar-refractivity contribution < 1.29 is 0 Å². The van der Waals surface area contributed by atoms with E-state index in [1.807, 2.05) is 11.8 Å². The van der Waals surface area contributed by atoms with E-state index in [9.17, 15) is 0 Å². The largest absolute Gasteiger partial charge is 0.289 e. The van der Waals surface area contributed by atoms with Crippen LogP contribution in [0, 0.1) is 17.2 Å². The summed E-state index contributed by atoms with van der Waals surface area (Å²) >= 11 is 1.85. The van der Waals surface area contributed by atoms with Crippen LogP contribution in [0.25, 0.3) is 0 Å². The van der Waals surface area contributed by atoms with Crippen LogP contribution in [-0.4, -0.2) is 17.2 Å². The molecule has 0 spiro atoms. The highest BCUT2D eigenvalue weighted by Crippen LogP contribution is 2.23. The summed E-state index contributed by atoms with van der Waals surface area (Å²) in [6.07, 6.45) is 0. The number of hydrogen-bond donors (Lipinski definition) is 1. The Kier molecular flexibility index (Phi) is 2.58. The summed E-state index contributed by atoms with van der Waals surface area (Å²) in [4.78, 5) is 0. The third kappa shape index (κ3) is 1.65. The predicted molar refractivity (Wildman–Crippen MR) is 43.6 cm³/mol. The maximum Gasteiger partial charge on any atom is 0.105 e. The lowest BCUT2D eigenvalue weighted by Gasteiger charge is -2.12. The first-order chi connectivity index (χ1) is 4.74. The van der Waals surface area contributed by atoms with Gasteiger partial charge in [0.25, 0.3) is 0 Å². The van der Waals surface area contributed by atoms with Gasteiger partial charge in [0, 0.05) is 5.75 Å². The fourth-order valence-electron chi connectivity index (χ4n) is 0.954. The molecule has 1 aliphatic rings. The fraction of sp³-hybridized carbons (Fsp3) is 0.857. The van der Waals surface area contributed by atoms with Gasteiger partial charge in [0.1, 0.15) is 6.04 Å². The van der Waals surface area contributed by atoms with Crippen LogP contribution in [0.15, 0.2) is 0 Å². The molecule has 56 valence electrons. The first-order valence-corrected chi connectivity index (χ1v) is 4.56. The molecule has 2 nitrogen and oxygen atoms in total. The molecule has 0 aromatic carbocycles. The highest BCUT2D eigenvalue weighted by atomic mass is 32.2. The van der Waals surface area contributed by atoms with Crippen molar-refractivity contribution >= 4 is 11.8 Å². The maximum absolute atomic E-state index is 8.54. The molecule has 1 N–H and O–H groups in total. The number of hydrogen-bond acceptors (Lipinski definition) is 3. The summed E-state index contributed by atoms with van der Waals surface area (Å²) in [6.45, 7) is 4.34. The summed E-state index contributed by atoms with van der Waals surface area (Å²) in [7, 11) is 0. The van der Waals surface area contributed by atoms with E-state index in [0.717, 1.165) is 5.75 Å². The standard InChI is InChI=1S/C7H12N2S/c1-5(2)7-9-6(3-8)4-10-7/h5-7,9H,4H2,1-2H3. The molecule has 1 heterocycles. The van der Waals surface area contributed by atoms with E-state index < -0.39 is 0 Å². The topological polar surface area (TPSA) is 35.8 Å². The number of thioether (sulfide) groups is 1. The van der Waals surface area contributed by atoms with Gasteiger partial charge in [-0.1, -0.05) is 13.8 Å². The predicted octanol–water partition coefficient (Wildman–Crippen LogP) is 1.20. The normalized spacial score (nSPS) is 32.6. The Balaban J connectivity index is 2.37. The van der Waals surface area contributed by atoms with E-state index in [4.69, 9.17) is 5.26 Å². The lowest BCUT2D eigenvalue weighted by atomic mass is 10.2. The molecule has 2 atom stereocenters. The smallest absolute Gasteiger partial charge is 0.105 e. The van der Waals surface area contributed by atoms with E-state index in [2.05, 4.69) is 25.2 Å². The lowest BCUT2D eigenvalue weighted by molar-refractivity contribution is 0.519. The van der Waals surface area contributed by atoms with Crippen molar-refractivity contribution in [2.24, 2.45) is 5.92 Å². The molecule has 10 heavy (non-hydrogen) atoms. The van der Waals surface area contributed by atoms with E-state index in [0.29, 0.717) is 11.3 Å². The number of nitrogens with zero attached hydrogens (tertiary/aromatic N) is 1. The Morgan fingerprint density at radius 2 is 2.40 bits per heavy atom. The van der Waals surface area contributed by atoms with Gasteiger partial charge in [-0.25, -0.2) is 0 Å². The van der Waals surface area contributed by atoms with E-state index >= 15 is 0 Å². The third-order valence-electron chi connectivity index (χ3n) is 1.57. The Labute approximate surface area is 66.0 Å². The maximum atomic E-state index is 8.54. The molecule has 0 aliphatic carbocycles. The summed E-state index contributed by atoms with van der Waals surface area (Å²) in [5.41, 5.74) is 0. The van der Waals surface area contributed by atoms with Crippen LogP contribution < -0.4 is 5.32 Å². The van der Waals surface area contributed by atoms with Crippen molar-refractivity contribution in [1.82, 2.24) is 5.32 Å². The third-order valence-corrected chi connectivity index (χ3v) is 3.13. The average molecular weight is 156 g/mol. The SMILES string of the molecule is CC(C)C1NC(C#N)CS1. The molecule has 0 aromatic rings. The second-order valence-corrected chi connectivity index (χ2v) is 4.02. The molecule has 1 saturated heterocycles. The second kappa shape index (κ2) is 3.27. The number of nitriles is 1. The molecule has 1 aliphatic heterocycles. The highest BCUT2D eigenvalue weighted by Gasteiger charge is 2.25. The first-order valence-electron chi connectivity index (χ1n) is 3.51. The second-order valence-electron chi connectivity index (χ2n) is 2.85. The Morgan fingerprint density at radius 3 is 2.70 bits per heavy atom. The monoisotopic (exact) mass is 156 g/mol. The van der Waals surface area contributed by atoms with Crippen molar-refractivity contribution in [2.45, 2.75) is 25.3 Å². The van der Waals surface area contributed by atoms with E-state index in [1.165, 1.54) is 0 Å². The van der Waals surface area contributed by atoms with Gasteiger partial charge in [0.05, 0.1) is 11.4 Å². The zero-order valence-electron chi connectivity index (χ0n) is 6.29. The number of nitrogens with one attached hydrogen (secondary N) is 1. The summed E-state index contributed by atoms with van der Waals surface area (Å²) in [6, 6.07) is 2.30. The molecule has 0 bridgehead atoms. The van der Waals surface area contributed by atoms with E-state index in [1.54, 1.807) is 0 Å². The van der Waals surface area contributed by atoms with Crippen LogP contribution in [0.5, 0.6) is 0 Å². The molecule has 0 saturated carbocycles. The highest BCUT2D eigenvalue weighted by molar-refractivity contribution is 8.00. The van der Waals surface area contributed by atoms with Crippen LogP contribution in [0.4, 0.5) is 0 Å². The van der Waals surface area contributed by atoms with Crippen LogP contribution >= 0.6 is 11.8 Å². The molecular formula is C7H12N2S. The quantitative estimate of drug-likeness (QED) is 0.619. The van der Waals surface area contributed by atoms with Crippen molar-refractivity contribution in [3.63, 3.8) is 0 Å². The Morgan fingerprint density at radius 1 is 1.70 bits per heavy atom. The molecule has 2 unspecified atom stereocenters. The van der Waals surface area contributed by atoms with Gasteiger partial charge in [-0.05, 0) is 5.92 Å². The minimum absolute atomic E-state index is 0.0809. The Bertz CT molecular complexity index is 150. The van der Waals surface area contributed by atoms with Crippen molar-refractivity contribution in [3.05, 3.63) is 0 Å². The van der Waals surface area contributed by atoms with Gasteiger partial charge in [-0.2, -0.15) is 5.26 Å². The summed E-state index contributed by atoms with van der Waals surface area (Å²) < 4.78 is 0. The molecule has 0 radical (unpaired) electrons. The zero-order chi connectivity index (χ0) is 7.56. The van der Waals surface area contributed by atoms with Crippen LogP contribution in [0.3, 0.4) is 0 Å². The summed E-state index contributed by atoms with van der Waals surface area (Å²) in [5, 5.41) is 12.3. The summed E-state index contributed by atoms with van der Waals surface area (Å²) in [5.74, 6) is 1.57. The van der Waals surface area contributed by atoms with Gasteiger partial charge < -0.3 is 0 Å². The first kappa shape index (κ1) is 7.90. The molecule has 1 rings (SSSR count). The minimum atomic E-state index is 0.0809. The van der Waals surface area contributed by atoms with Gasteiger partial charge in [-0.15, -0.1) is 11.8 Å². The Hall–Kier alpha value is -0.200. The van der Waals surface area contributed by atoms with Crippen LogP contribution in [-0.2, 0) is 0 Å². The van der Waals surface area contributed by atoms with Gasteiger partial charge in [0.15, 0.2) is 0 Å². The van der Waals surface area contributed by atoms with Crippen LogP contribution in [0.1, 0.15) is 13.8 Å². The molecule has 1 fully saturated rings. The van der Waals surface area contributed by atoms with Gasteiger partial charge in [-0.3, -0.25) is 5.32 Å². The molecule has 3 heteroatoms. The number of rotatable bonds is 1. The molecule has 0 amide bonds. The fourth-order valence-corrected chi connectivity index (χ4v) is 2.17. The van der Waals surface area contributed by atoms with Crippen molar-refractivity contribution in [1.29, 1.82) is 5.26 Å². The minimum Gasteiger partial charge on any atom is -0.289 e. The van der Waals surface area contributed by atoms with Gasteiger partial charge >= 0.3 is 0 Å². The van der Waals surface area contributed by atoms with Gasteiger partial charge in [0.2, 0.25) is 0 Å². The van der Waals surface area contributed by atoms with Crippen LogP contribution in [0.2, 0.25) is 0 Å². The lowest BCUT2D eigenvalue weighted by Crippen LogP contribution is -2.31. The van der Waals surface area contributed by atoms with Crippen molar-refractivity contribution in [2.75, 3.05) is 5.75 Å². The average Bonchev–Trinajstić information content (AvgIpc) is 2.34. The zero-order valence-corrected chi connectivity index (χ0v) is 7.11. The molecule has 0 aromatic heterocycles. The van der Waals surface area contributed by atoms with E-state index in [-0.39, 0.29) is 6.04 Å². The molecular weight excluding hydrogens is 144 g/mol.